The fraction of sp³-hybridized carbons (Fsp3) is 0.333. The van der Waals surface area contributed by atoms with Gasteiger partial charge in [0.2, 0.25) is 0 Å². The van der Waals surface area contributed by atoms with E-state index in [-0.39, 0.29) is 10.6 Å². The number of hydrogen-bond donors (Lipinski definition) is 0. The average molecular weight is 277 g/mol. The van der Waals surface area contributed by atoms with Gasteiger partial charge in [-0.25, -0.2) is 9.97 Å². The molecule has 1 heterocycles. The number of halogens is 1. The van der Waals surface area contributed by atoms with E-state index in [0.717, 1.165) is 11.3 Å². The van der Waals surface area contributed by atoms with Gasteiger partial charge < -0.3 is 4.74 Å². The van der Waals surface area contributed by atoms with Crippen molar-refractivity contribution in [3.05, 3.63) is 46.9 Å². The Kier molecular flexibility index (Phi) is 3.76. The van der Waals surface area contributed by atoms with Crippen molar-refractivity contribution in [3.63, 3.8) is 0 Å². The standard InChI is InChI=1S/C15H17ClN2O/c1-10-5-6-12(11(9-10)15(2,3)4)19-14-13(16)17-7-8-18-14/h5-9H,1-4H3. The van der Waals surface area contributed by atoms with E-state index in [2.05, 4.69) is 43.7 Å². The molecule has 19 heavy (non-hydrogen) atoms. The van der Waals surface area contributed by atoms with E-state index in [1.54, 1.807) is 6.20 Å². The van der Waals surface area contributed by atoms with Crippen molar-refractivity contribution in [2.24, 2.45) is 0 Å². The Morgan fingerprint density at radius 1 is 1.11 bits per heavy atom. The van der Waals surface area contributed by atoms with Crippen molar-refractivity contribution in [1.82, 2.24) is 9.97 Å². The quantitative estimate of drug-likeness (QED) is 0.808. The first-order chi connectivity index (χ1) is 8.88. The van der Waals surface area contributed by atoms with E-state index in [9.17, 15) is 0 Å². The van der Waals surface area contributed by atoms with Crippen LogP contribution in [0.1, 0.15) is 31.9 Å². The normalized spacial score (nSPS) is 11.4. The number of aromatic nitrogens is 2. The van der Waals surface area contributed by atoms with Crippen LogP contribution in [0.25, 0.3) is 0 Å². The summed E-state index contributed by atoms with van der Waals surface area (Å²) in [6, 6.07) is 6.08. The average Bonchev–Trinajstić information content (AvgIpc) is 2.33. The molecule has 0 amide bonds. The number of aryl methyl sites for hydroxylation is 1. The van der Waals surface area contributed by atoms with Crippen LogP contribution in [0.3, 0.4) is 0 Å². The van der Waals surface area contributed by atoms with E-state index < -0.39 is 0 Å². The van der Waals surface area contributed by atoms with Gasteiger partial charge in [0.25, 0.3) is 5.88 Å². The zero-order chi connectivity index (χ0) is 14.0. The summed E-state index contributed by atoms with van der Waals surface area (Å²) in [6.45, 7) is 8.50. The molecule has 0 aliphatic heterocycles. The van der Waals surface area contributed by atoms with Gasteiger partial charge in [-0.1, -0.05) is 50.1 Å². The maximum atomic E-state index is 5.97. The van der Waals surface area contributed by atoms with E-state index in [4.69, 9.17) is 16.3 Å². The lowest BCUT2D eigenvalue weighted by Gasteiger charge is -2.23. The summed E-state index contributed by atoms with van der Waals surface area (Å²) in [6.07, 6.45) is 3.10. The van der Waals surface area contributed by atoms with Gasteiger partial charge in [0, 0.05) is 18.0 Å². The smallest absolute Gasteiger partial charge is 0.257 e. The van der Waals surface area contributed by atoms with Crippen molar-refractivity contribution in [2.75, 3.05) is 0 Å². The predicted octanol–water partition coefficient (Wildman–Crippen LogP) is 4.53. The summed E-state index contributed by atoms with van der Waals surface area (Å²) in [5.41, 5.74) is 2.30. The number of rotatable bonds is 2. The molecule has 0 N–H and O–H groups in total. The lowest BCUT2D eigenvalue weighted by atomic mass is 9.85. The van der Waals surface area contributed by atoms with Crippen molar-refractivity contribution in [3.8, 4) is 11.6 Å². The van der Waals surface area contributed by atoms with Crippen LogP contribution in [-0.4, -0.2) is 9.97 Å². The molecule has 0 saturated heterocycles. The molecule has 100 valence electrons. The molecular weight excluding hydrogens is 260 g/mol. The van der Waals surface area contributed by atoms with Crippen LogP contribution >= 0.6 is 11.6 Å². The molecule has 3 nitrogen and oxygen atoms in total. The van der Waals surface area contributed by atoms with E-state index in [0.29, 0.717) is 5.88 Å². The third-order valence-corrected chi connectivity index (χ3v) is 3.03. The molecule has 0 aliphatic carbocycles. The van der Waals surface area contributed by atoms with Gasteiger partial charge >= 0.3 is 0 Å². The van der Waals surface area contributed by atoms with Gasteiger partial charge in [-0.2, -0.15) is 0 Å². The second-order valence-electron chi connectivity index (χ2n) is 5.50. The monoisotopic (exact) mass is 276 g/mol. The highest BCUT2D eigenvalue weighted by Crippen LogP contribution is 2.35. The Morgan fingerprint density at radius 3 is 2.42 bits per heavy atom. The first-order valence-corrected chi connectivity index (χ1v) is 6.51. The van der Waals surface area contributed by atoms with E-state index >= 15 is 0 Å². The highest BCUT2D eigenvalue weighted by molar-refractivity contribution is 6.30. The van der Waals surface area contributed by atoms with Gasteiger partial charge in [-0.15, -0.1) is 0 Å². The topological polar surface area (TPSA) is 35.0 Å². The van der Waals surface area contributed by atoms with Crippen LogP contribution in [0.15, 0.2) is 30.6 Å². The first-order valence-electron chi connectivity index (χ1n) is 6.13. The Hall–Kier alpha value is -1.61. The third-order valence-electron chi connectivity index (χ3n) is 2.77. The Labute approximate surface area is 118 Å². The number of nitrogens with zero attached hydrogens (tertiary/aromatic N) is 2. The molecule has 0 atom stereocenters. The maximum absolute atomic E-state index is 5.97. The molecule has 0 saturated carbocycles. The first kappa shape index (κ1) is 13.8. The predicted molar refractivity (Wildman–Crippen MR) is 77.0 cm³/mol. The van der Waals surface area contributed by atoms with E-state index in [1.807, 2.05) is 12.1 Å². The fourth-order valence-corrected chi connectivity index (χ4v) is 1.94. The molecule has 1 aromatic heterocycles. The number of ether oxygens (including phenoxy) is 1. The minimum absolute atomic E-state index is 0.0178. The number of benzene rings is 1. The minimum Gasteiger partial charge on any atom is -0.436 e. The summed E-state index contributed by atoms with van der Waals surface area (Å²) in [5, 5.41) is 0.267. The van der Waals surface area contributed by atoms with Gasteiger partial charge in [-0.05, 0) is 18.4 Å². The SMILES string of the molecule is Cc1ccc(Oc2nccnc2Cl)c(C(C)(C)C)c1. The maximum Gasteiger partial charge on any atom is 0.257 e. The van der Waals surface area contributed by atoms with Crippen molar-refractivity contribution < 1.29 is 4.74 Å². The van der Waals surface area contributed by atoms with Gasteiger partial charge in [0.05, 0.1) is 0 Å². The fourth-order valence-electron chi connectivity index (χ4n) is 1.80. The van der Waals surface area contributed by atoms with Crippen LogP contribution in [0.4, 0.5) is 0 Å². The van der Waals surface area contributed by atoms with Crippen LogP contribution < -0.4 is 4.74 Å². The van der Waals surface area contributed by atoms with Crippen molar-refractivity contribution in [1.29, 1.82) is 0 Å². The molecule has 0 fully saturated rings. The third kappa shape index (κ3) is 3.24. The van der Waals surface area contributed by atoms with Gasteiger partial charge in [0.1, 0.15) is 5.75 Å². The van der Waals surface area contributed by atoms with Crippen molar-refractivity contribution in [2.45, 2.75) is 33.1 Å². The molecule has 0 bridgehead atoms. The second-order valence-corrected chi connectivity index (χ2v) is 5.86. The summed E-state index contributed by atoms with van der Waals surface area (Å²) in [7, 11) is 0. The van der Waals surface area contributed by atoms with Gasteiger partial charge in [-0.3, -0.25) is 0 Å². The Morgan fingerprint density at radius 2 is 1.79 bits per heavy atom. The highest BCUT2D eigenvalue weighted by Gasteiger charge is 2.20. The summed E-state index contributed by atoms with van der Waals surface area (Å²) in [4.78, 5) is 8.07. The largest absolute Gasteiger partial charge is 0.436 e. The van der Waals surface area contributed by atoms with E-state index in [1.165, 1.54) is 11.8 Å². The van der Waals surface area contributed by atoms with Crippen LogP contribution in [0.5, 0.6) is 11.6 Å². The molecule has 2 rings (SSSR count). The summed E-state index contributed by atoms with van der Waals surface area (Å²) >= 11 is 5.97. The molecule has 0 radical (unpaired) electrons. The van der Waals surface area contributed by atoms with Gasteiger partial charge in [0.15, 0.2) is 5.15 Å². The Balaban J connectivity index is 2.44. The molecule has 0 spiro atoms. The second kappa shape index (κ2) is 5.17. The number of hydrogen-bond acceptors (Lipinski definition) is 3. The van der Waals surface area contributed by atoms with Crippen molar-refractivity contribution >= 4 is 11.6 Å². The van der Waals surface area contributed by atoms with Crippen LogP contribution in [0.2, 0.25) is 5.15 Å². The summed E-state index contributed by atoms with van der Waals surface area (Å²) in [5.74, 6) is 1.10. The lowest BCUT2D eigenvalue weighted by Crippen LogP contribution is -2.13. The molecule has 2 aromatic rings. The molecule has 4 heteroatoms. The zero-order valence-electron chi connectivity index (χ0n) is 11.6. The molecule has 1 aromatic carbocycles. The van der Waals surface area contributed by atoms with Crippen LogP contribution in [-0.2, 0) is 5.41 Å². The lowest BCUT2D eigenvalue weighted by molar-refractivity contribution is 0.437. The summed E-state index contributed by atoms with van der Waals surface area (Å²) < 4.78 is 5.82. The molecule has 0 unspecified atom stereocenters. The molecular formula is C15H17ClN2O. The Bertz CT molecular complexity index is 591. The highest BCUT2D eigenvalue weighted by atomic mass is 35.5. The minimum atomic E-state index is -0.0178. The zero-order valence-corrected chi connectivity index (χ0v) is 12.3. The van der Waals surface area contributed by atoms with Crippen LogP contribution in [0, 0.1) is 6.92 Å². The molecule has 0 aliphatic rings.